The van der Waals surface area contributed by atoms with Gasteiger partial charge in [0.2, 0.25) is 0 Å². The van der Waals surface area contributed by atoms with Crippen LogP contribution in [0.15, 0.2) is 36.4 Å². The second-order valence-corrected chi connectivity index (χ2v) is 5.17. The number of benzene rings is 1. The SMILES string of the molecule is O=[N+]([O-])c1cccc(CNCc2ccc([N+](=O)[O-])s2)c1. The van der Waals surface area contributed by atoms with Crippen LogP contribution in [-0.2, 0) is 13.1 Å². The maximum absolute atomic E-state index is 10.6. The molecule has 0 aliphatic rings. The molecular formula is C12H11N3O4S. The molecule has 2 rings (SSSR count). The van der Waals surface area contributed by atoms with Gasteiger partial charge in [-0.15, -0.1) is 0 Å². The number of nitrogens with one attached hydrogen (secondary N) is 1. The maximum Gasteiger partial charge on any atom is 0.324 e. The minimum atomic E-state index is -0.438. The number of rotatable bonds is 6. The zero-order valence-corrected chi connectivity index (χ0v) is 11.1. The maximum atomic E-state index is 10.6. The second kappa shape index (κ2) is 6.22. The fourth-order valence-corrected chi connectivity index (χ4v) is 2.46. The van der Waals surface area contributed by atoms with Crippen molar-refractivity contribution in [2.75, 3.05) is 0 Å². The van der Waals surface area contributed by atoms with Crippen molar-refractivity contribution in [2.24, 2.45) is 0 Å². The van der Waals surface area contributed by atoms with Gasteiger partial charge < -0.3 is 5.32 Å². The summed E-state index contributed by atoms with van der Waals surface area (Å²) in [5.41, 5.74) is 0.848. The Bertz CT molecular complexity index is 641. The minimum absolute atomic E-state index is 0.0519. The normalized spacial score (nSPS) is 10.4. The smallest absolute Gasteiger partial charge is 0.308 e. The van der Waals surface area contributed by atoms with Gasteiger partial charge in [0.1, 0.15) is 0 Å². The molecule has 0 bridgehead atoms. The molecule has 0 unspecified atom stereocenters. The fourth-order valence-electron chi connectivity index (χ4n) is 1.67. The Balaban J connectivity index is 1.90. The number of nitro groups is 2. The summed E-state index contributed by atoms with van der Waals surface area (Å²) < 4.78 is 0. The lowest BCUT2D eigenvalue weighted by Crippen LogP contribution is -2.11. The molecule has 0 spiro atoms. The molecule has 0 radical (unpaired) electrons. The first-order valence-electron chi connectivity index (χ1n) is 5.73. The molecule has 7 nitrogen and oxygen atoms in total. The van der Waals surface area contributed by atoms with E-state index in [2.05, 4.69) is 5.32 Å². The van der Waals surface area contributed by atoms with E-state index in [-0.39, 0.29) is 10.7 Å². The van der Waals surface area contributed by atoms with E-state index in [1.807, 2.05) is 0 Å². The zero-order valence-electron chi connectivity index (χ0n) is 10.3. The molecule has 1 aromatic carbocycles. The first-order chi connectivity index (χ1) is 9.56. The van der Waals surface area contributed by atoms with Gasteiger partial charge >= 0.3 is 5.00 Å². The second-order valence-electron chi connectivity index (χ2n) is 4.03. The summed E-state index contributed by atoms with van der Waals surface area (Å²) >= 11 is 1.11. The summed E-state index contributed by atoms with van der Waals surface area (Å²) in [5, 5.41) is 24.4. The Morgan fingerprint density at radius 3 is 2.50 bits per heavy atom. The summed E-state index contributed by atoms with van der Waals surface area (Å²) in [4.78, 5) is 21.2. The van der Waals surface area contributed by atoms with Crippen molar-refractivity contribution in [3.63, 3.8) is 0 Å². The topological polar surface area (TPSA) is 98.3 Å². The lowest BCUT2D eigenvalue weighted by atomic mass is 10.2. The molecule has 0 saturated heterocycles. The number of hydrogen-bond donors (Lipinski definition) is 1. The van der Waals surface area contributed by atoms with Gasteiger partial charge in [0, 0.05) is 36.2 Å². The van der Waals surface area contributed by atoms with Crippen molar-refractivity contribution in [1.29, 1.82) is 0 Å². The van der Waals surface area contributed by atoms with E-state index in [0.717, 1.165) is 21.8 Å². The van der Waals surface area contributed by atoms with Crippen LogP contribution in [0.5, 0.6) is 0 Å². The molecule has 0 fully saturated rings. The molecule has 104 valence electrons. The Hall–Kier alpha value is -2.32. The van der Waals surface area contributed by atoms with Crippen LogP contribution in [0.4, 0.5) is 10.7 Å². The average Bonchev–Trinajstić information content (AvgIpc) is 2.88. The Morgan fingerprint density at radius 2 is 1.85 bits per heavy atom. The highest BCUT2D eigenvalue weighted by Crippen LogP contribution is 2.23. The van der Waals surface area contributed by atoms with Crippen molar-refractivity contribution >= 4 is 22.0 Å². The summed E-state index contributed by atoms with van der Waals surface area (Å²) in [7, 11) is 0. The number of thiophene rings is 1. The summed E-state index contributed by atoms with van der Waals surface area (Å²) in [6.45, 7) is 0.953. The first-order valence-corrected chi connectivity index (χ1v) is 6.55. The molecule has 1 N–H and O–H groups in total. The average molecular weight is 293 g/mol. The summed E-state index contributed by atoms with van der Waals surface area (Å²) in [5.74, 6) is 0. The first kappa shape index (κ1) is 14.1. The predicted octanol–water partition coefficient (Wildman–Crippen LogP) is 2.85. The molecule has 0 aliphatic carbocycles. The van der Waals surface area contributed by atoms with E-state index in [9.17, 15) is 20.2 Å². The van der Waals surface area contributed by atoms with Gasteiger partial charge in [-0.2, -0.15) is 0 Å². The van der Waals surface area contributed by atoms with Gasteiger partial charge in [0.05, 0.1) is 9.85 Å². The van der Waals surface area contributed by atoms with Crippen molar-refractivity contribution in [3.8, 4) is 0 Å². The van der Waals surface area contributed by atoms with E-state index in [1.54, 1.807) is 18.2 Å². The minimum Gasteiger partial charge on any atom is -0.308 e. The van der Waals surface area contributed by atoms with Crippen LogP contribution in [0.2, 0.25) is 0 Å². The highest BCUT2D eigenvalue weighted by molar-refractivity contribution is 7.15. The number of nitrogens with zero attached hydrogens (tertiary/aromatic N) is 2. The van der Waals surface area contributed by atoms with Crippen LogP contribution in [0.1, 0.15) is 10.4 Å². The number of hydrogen-bond acceptors (Lipinski definition) is 6. The third-order valence-electron chi connectivity index (χ3n) is 2.58. The largest absolute Gasteiger partial charge is 0.324 e. The standard InChI is InChI=1S/C12H11N3O4S/c16-14(17)10-3-1-2-9(6-10)7-13-8-11-4-5-12(20-11)15(18)19/h1-6,13H,7-8H2. The fraction of sp³-hybridized carbons (Fsp3) is 0.167. The third-order valence-corrected chi connectivity index (χ3v) is 3.61. The van der Waals surface area contributed by atoms with Crippen LogP contribution in [0.25, 0.3) is 0 Å². The van der Waals surface area contributed by atoms with E-state index in [1.165, 1.54) is 18.2 Å². The molecule has 20 heavy (non-hydrogen) atoms. The molecule has 0 amide bonds. The molecule has 2 aromatic rings. The molecular weight excluding hydrogens is 282 g/mol. The number of nitro benzene ring substituents is 1. The summed E-state index contributed by atoms with van der Waals surface area (Å²) in [6, 6.07) is 9.52. The number of non-ortho nitro benzene ring substituents is 1. The van der Waals surface area contributed by atoms with Crippen LogP contribution in [0, 0.1) is 20.2 Å². The van der Waals surface area contributed by atoms with E-state index >= 15 is 0 Å². The van der Waals surface area contributed by atoms with Gasteiger partial charge in [-0.05, 0) is 11.6 Å². The monoisotopic (exact) mass is 293 g/mol. The zero-order chi connectivity index (χ0) is 14.5. The van der Waals surface area contributed by atoms with Gasteiger partial charge in [0.15, 0.2) is 0 Å². The molecule has 0 atom stereocenters. The van der Waals surface area contributed by atoms with Crippen molar-refractivity contribution in [1.82, 2.24) is 5.32 Å². The van der Waals surface area contributed by atoms with Gasteiger partial charge in [0.25, 0.3) is 5.69 Å². The Kier molecular flexibility index (Phi) is 4.38. The third kappa shape index (κ3) is 3.59. The lowest BCUT2D eigenvalue weighted by molar-refractivity contribution is -0.384. The lowest BCUT2D eigenvalue weighted by Gasteiger charge is -2.03. The van der Waals surface area contributed by atoms with Crippen LogP contribution < -0.4 is 5.32 Å². The van der Waals surface area contributed by atoms with Crippen molar-refractivity contribution < 1.29 is 9.85 Å². The van der Waals surface area contributed by atoms with Gasteiger partial charge in [-0.1, -0.05) is 23.5 Å². The van der Waals surface area contributed by atoms with Crippen LogP contribution in [0.3, 0.4) is 0 Å². The Morgan fingerprint density at radius 1 is 1.05 bits per heavy atom. The molecule has 1 aromatic heterocycles. The van der Waals surface area contributed by atoms with Gasteiger partial charge in [-0.25, -0.2) is 0 Å². The van der Waals surface area contributed by atoms with Crippen LogP contribution >= 0.6 is 11.3 Å². The van der Waals surface area contributed by atoms with Crippen LogP contribution in [-0.4, -0.2) is 9.85 Å². The van der Waals surface area contributed by atoms with Gasteiger partial charge in [-0.3, -0.25) is 20.2 Å². The quantitative estimate of drug-likeness (QED) is 0.652. The molecule has 0 saturated carbocycles. The molecule has 8 heteroatoms. The highest BCUT2D eigenvalue weighted by atomic mass is 32.1. The van der Waals surface area contributed by atoms with E-state index in [4.69, 9.17) is 0 Å². The molecule has 0 aliphatic heterocycles. The van der Waals surface area contributed by atoms with Crippen molar-refractivity contribution in [3.05, 3.63) is 67.1 Å². The summed E-state index contributed by atoms with van der Waals surface area (Å²) in [6.07, 6.45) is 0. The van der Waals surface area contributed by atoms with E-state index in [0.29, 0.717) is 13.1 Å². The van der Waals surface area contributed by atoms with Crippen molar-refractivity contribution in [2.45, 2.75) is 13.1 Å². The predicted molar refractivity (Wildman–Crippen MR) is 74.6 cm³/mol. The molecule has 1 heterocycles. The highest BCUT2D eigenvalue weighted by Gasteiger charge is 2.09. The van der Waals surface area contributed by atoms with E-state index < -0.39 is 9.85 Å². The Labute approximate surface area is 118 Å².